The molecule has 0 fully saturated rings. The van der Waals surface area contributed by atoms with Crippen LogP contribution in [0.3, 0.4) is 0 Å². The van der Waals surface area contributed by atoms with Gasteiger partial charge < -0.3 is 20.7 Å². The average Bonchev–Trinajstić information content (AvgIpc) is 3.07. The molecule has 1 aliphatic heterocycles. The number of benzene rings is 1. The van der Waals surface area contributed by atoms with Gasteiger partial charge in [0, 0.05) is 24.5 Å². The Kier molecular flexibility index (Phi) is 9.80. The number of hydrogen-bond acceptors (Lipinski definition) is 5. The van der Waals surface area contributed by atoms with Crippen molar-refractivity contribution in [2.45, 2.75) is 58.5 Å². The molecule has 2 heterocycles. The number of carbonyl (C=O) groups is 3. The molecule has 1 atom stereocenters. The molecule has 35 heavy (non-hydrogen) atoms. The number of aromatic nitrogens is 2. The van der Waals surface area contributed by atoms with Crippen molar-refractivity contribution in [3.63, 3.8) is 0 Å². The molecule has 1 aliphatic rings. The molecule has 0 radical (unpaired) electrons. The first-order valence-corrected chi connectivity index (χ1v) is 12.5. The largest absolute Gasteiger partial charge is 0.493 e. The van der Waals surface area contributed by atoms with Gasteiger partial charge in [0.25, 0.3) is 5.91 Å². The van der Waals surface area contributed by atoms with Gasteiger partial charge in [0.1, 0.15) is 11.8 Å². The first-order valence-electron chi connectivity index (χ1n) is 11.7. The van der Waals surface area contributed by atoms with E-state index in [1.807, 2.05) is 13.8 Å². The summed E-state index contributed by atoms with van der Waals surface area (Å²) in [7, 11) is 0. The van der Waals surface area contributed by atoms with E-state index in [9.17, 15) is 14.4 Å². The predicted molar refractivity (Wildman–Crippen MR) is 134 cm³/mol. The zero-order chi connectivity index (χ0) is 25.4. The van der Waals surface area contributed by atoms with Crippen molar-refractivity contribution in [1.29, 1.82) is 0 Å². The molecule has 11 heteroatoms. The number of aryl methyl sites for hydroxylation is 1. The van der Waals surface area contributed by atoms with Crippen molar-refractivity contribution in [1.82, 2.24) is 25.7 Å². The molecule has 0 saturated heterocycles. The molecule has 0 unspecified atom stereocenters. The predicted octanol–water partition coefficient (Wildman–Crippen LogP) is 3.18. The van der Waals surface area contributed by atoms with Gasteiger partial charge in [-0.3, -0.25) is 19.1 Å². The summed E-state index contributed by atoms with van der Waals surface area (Å²) in [6, 6.07) is 3.89. The van der Waals surface area contributed by atoms with Gasteiger partial charge >= 0.3 is 0 Å². The standard InChI is InChI=1S/C24H31Cl2N5O4/c1-15-22(26)16(2)31(30-15)12-11-28-24(34)19-7-9-21(32)27-10-4-3-5-13-35-20-8-6-17(25)14-18(20)23(33)29-19/h6,8,14,19H,3-5,7,9-13H2,1-2H3,(H,27,32)(H,28,34)(H,29,33)/t19-/m0/s1. The lowest BCUT2D eigenvalue weighted by Crippen LogP contribution is -2.48. The molecule has 0 bridgehead atoms. The van der Waals surface area contributed by atoms with Gasteiger partial charge in [-0.05, 0) is 57.7 Å². The molecule has 1 aromatic heterocycles. The van der Waals surface area contributed by atoms with Crippen molar-refractivity contribution >= 4 is 40.9 Å². The van der Waals surface area contributed by atoms with Crippen molar-refractivity contribution in [2.24, 2.45) is 0 Å². The van der Waals surface area contributed by atoms with Gasteiger partial charge in [0.2, 0.25) is 11.8 Å². The highest BCUT2D eigenvalue weighted by Crippen LogP contribution is 2.24. The number of rotatable bonds is 4. The van der Waals surface area contributed by atoms with E-state index in [1.54, 1.807) is 16.8 Å². The Morgan fingerprint density at radius 3 is 2.77 bits per heavy atom. The third-order valence-electron chi connectivity index (χ3n) is 5.78. The minimum atomic E-state index is -0.922. The third kappa shape index (κ3) is 7.60. The van der Waals surface area contributed by atoms with Crippen molar-refractivity contribution in [3.8, 4) is 5.75 Å². The van der Waals surface area contributed by atoms with E-state index in [4.69, 9.17) is 27.9 Å². The molecule has 1 aromatic carbocycles. The number of nitrogens with one attached hydrogen (secondary N) is 3. The van der Waals surface area contributed by atoms with Crippen LogP contribution in [-0.2, 0) is 16.1 Å². The van der Waals surface area contributed by atoms with Crippen LogP contribution in [0, 0.1) is 13.8 Å². The fraction of sp³-hybridized carbons (Fsp3) is 0.500. The van der Waals surface area contributed by atoms with Gasteiger partial charge in [-0.15, -0.1) is 0 Å². The second kappa shape index (κ2) is 12.8. The SMILES string of the molecule is Cc1nn(CCNC(=O)[C@@H]2CCC(=O)NCCCCCOc3ccc(Cl)cc3C(=O)N2)c(C)c1Cl. The number of amides is 3. The number of nitrogens with zero attached hydrogens (tertiary/aromatic N) is 2. The van der Waals surface area contributed by atoms with Crippen LogP contribution in [0.15, 0.2) is 18.2 Å². The van der Waals surface area contributed by atoms with Crippen LogP contribution >= 0.6 is 23.2 Å². The van der Waals surface area contributed by atoms with Gasteiger partial charge in [-0.25, -0.2) is 0 Å². The first-order chi connectivity index (χ1) is 16.8. The smallest absolute Gasteiger partial charge is 0.255 e. The zero-order valence-electron chi connectivity index (χ0n) is 20.0. The van der Waals surface area contributed by atoms with Gasteiger partial charge in [0.05, 0.1) is 35.1 Å². The Balaban J connectivity index is 1.73. The van der Waals surface area contributed by atoms with E-state index in [-0.39, 0.29) is 30.9 Å². The van der Waals surface area contributed by atoms with Gasteiger partial charge in [-0.1, -0.05) is 23.2 Å². The van der Waals surface area contributed by atoms with E-state index in [1.165, 1.54) is 6.07 Å². The van der Waals surface area contributed by atoms with Crippen LogP contribution in [0.5, 0.6) is 5.75 Å². The Bertz CT molecular complexity index is 1070. The van der Waals surface area contributed by atoms with E-state index in [2.05, 4.69) is 21.0 Å². The minimum absolute atomic E-state index is 0.102. The fourth-order valence-electron chi connectivity index (χ4n) is 3.79. The van der Waals surface area contributed by atoms with Gasteiger partial charge in [0.15, 0.2) is 0 Å². The Morgan fingerprint density at radius 1 is 1.23 bits per heavy atom. The normalized spacial score (nSPS) is 17.8. The summed E-state index contributed by atoms with van der Waals surface area (Å²) >= 11 is 12.3. The van der Waals surface area contributed by atoms with Crippen LogP contribution < -0.4 is 20.7 Å². The highest BCUT2D eigenvalue weighted by atomic mass is 35.5. The van der Waals surface area contributed by atoms with Gasteiger partial charge in [-0.2, -0.15) is 5.10 Å². The highest BCUT2D eigenvalue weighted by Gasteiger charge is 2.24. The number of carbonyl (C=O) groups excluding carboxylic acids is 3. The van der Waals surface area contributed by atoms with Crippen molar-refractivity contribution < 1.29 is 19.1 Å². The summed E-state index contributed by atoms with van der Waals surface area (Å²) in [5.74, 6) is -0.656. The first kappa shape index (κ1) is 26.8. The zero-order valence-corrected chi connectivity index (χ0v) is 21.5. The van der Waals surface area contributed by atoms with Crippen molar-refractivity contribution in [3.05, 3.63) is 45.2 Å². The Labute approximate surface area is 214 Å². The highest BCUT2D eigenvalue weighted by molar-refractivity contribution is 6.31. The fourth-order valence-corrected chi connectivity index (χ4v) is 4.10. The van der Waals surface area contributed by atoms with E-state index in [0.717, 1.165) is 30.7 Å². The van der Waals surface area contributed by atoms with E-state index >= 15 is 0 Å². The quantitative estimate of drug-likeness (QED) is 0.569. The number of halogens is 2. The third-order valence-corrected chi connectivity index (χ3v) is 6.57. The summed E-state index contributed by atoms with van der Waals surface area (Å²) in [5, 5.41) is 13.8. The van der Waals surface area contributed by atoms with Crippen LogP contribution in [0.4, 0.5) is 0 Å². The van der Waals surface area contributed by atoms with Crippen LogP contribution in [0.2, 0.25) is 10.0 Å². The Morgan fingerprint density at radius 2 is 2.03 bits per heavy atom. The lowest BCUT2D eigenvalue weighted by atomic mass is 10.1. The molecule has 2 aromatic rings. The monoisotopic (exact) mass is 523 g/mol. The summed E-state index contributed by atoms with van der Waals surface area (Å²) in [6.07, 6.45) is 2.72. The molecule has 0 aliphatic carbocycles. The second-order valence-electron chi connectivity index (χ2n) is 8.46. The molecule has 0 saturated carbocycles. The summed E-state index contributed by atoms with van der Waals surface area (Å²) in [6.45, 7) is 5.35. The average molecular weight is 524 g/mol. The molecule has 9 nitrogen and oxygen atoms in total. The maximum atomic E-state index is 13.1. The second-order valence-corrected chi connectivity index (χ2v) is 9.28. The molecule has 3 rings (SSSR count). The molecule has 3 N–H and O–H groups in total. The molecule has 0 spiro atoms. The number of ether oxygens (including phenoxy) is 1. The van der Waals surface area contributed by atoms with E-state index < -0.39 is 17.9 Å². The summed E-state index contributed by atoms with van der Waals surface area (Å²) < 4.78 is 7.53. The summed E-state index contributed by atoms with van der Waals surface area (Å²) in [4.78, 5) is 38.4. The maximum Gasteiger partial charge on any atom is 0.255 e. The molecule has 190 valence electrons. The number of hydrogen-bond donors (Lipinski definition) is 3. The Hall–Kier alpha value is -2.78. The molecule has 3 amide bonds. The summed E-state index contributed by atoms with van der Waals surface area (Å²) in [5.41, 5.74) is 1.77. The lowest BCUT2D eigenvalue weighted by molar-refractivity contribution is -0.124. The van der Waals surface area contributed by atoms with Crippen LogP contribution in [0.25, 0.3) is 0 Å². The van der Waals surface area contributed by atoms with Crippen molar-refractivity contribution in [2.75, 3.05) is 19.7 Å². The molecular formula is C24H31Cl2N5O4. The molecular weight excluding hydrogens is 493 g/mol. The van der Waals surface area contributed by atoms with E-state index in [0.29, 0.717) is 35.5 Å². The minimum Gasteiger partial charge on any atom is -0.493 e. The van der Waals surface area contributed by atoms with Crippen LogP contribution in [0.1, 0.15) is 53.8 Å². The number of fused-ring (bicyclic) bond motifs is 1. The lowest BCUT2D eigenvalue weighted by Gasteiger charge is -2.19. The topological polar surface area (TPSA) is 114 Å². The van der Waals surface area contributed by atoms with Crippen LogP contribution in [-0.4, -0.2) is 53.2 Å². The maximum absolute atomic E-state index is 13.1.